The molecule has 3 heterocycles. The molecule has 0 bridgehead atoms. The second-order valence-corrected chi connectivity index (χ2v) is 12.7. The zero-order valence-electron chi connectivity index (χ0n) is 32.8. The highest BCUT2D eigenvalue weighted by Crippen LogP contribution is 2.30. The van der Waals surface area contributed by atoms with Gasteiger partial charge in [0.2, 0.25) is 17.8 Å². The van der Waals surface area contributed by atoms with Gasteiger partial charge in [-0.2, -0.15) is 4.99 Å². The summed E-state index contributed by atoms with van der Waals surface area (Å²) in [4.78, 5) is 38.1. The molecule has 0 fully saturated rings. The first kappa shape index (κ1) is 44.2. The number of nitrogens with one attached hydrogen (secondary N) is 4. The zero-order chi connectivity index (χ0) is 44.1. The van der Waals surface area contributed by atoms with Crippen molar-refractivity contribution in [1.29, 1.82) is 0 Å². The summed E-state index contributed by atoms with van der Waals surface area (Å²) in [6, 6.07) is 23.6. The molecule has 0 radical (unpaired) electrons. The van der Waals surface area contributed by atoms with Gasteiger partial charge in [-0.1, -0.05) is 0 Å². The summed E-state index contributed by atoms with van der Waals surface area (Å²) in [5.74, 6) is 0.280. The van der Waals surface area contributed by atoms with Gasteiger partial charge in [0.25, 0.3) is 0 Å². The van der Waals surface area contributed by atoms with Crippen LogP contribution in [0, 0.1) is 23.3 Å². The van der Waals surface area contributed by atoms with E-state index in [1.807, 2.05) is 17.3 Å². The Morgan fingerprint density at radius 1 is 0.721 bits per heavy atom. The van der Waals surface area contributed by atoms with Gasteiger partial charge in [-0.15, -0.1) is 0 Å². The van der Waals surface area contributed by atoms with E-state index in [-0.39, 0.29) is 23.2 Å². The van der Waals surface area contributed by atoms with Crippen molar-refractivity contribution in [3.05, 3.63) is 133 Å². The lowest BCUT2D eigenvalue weighted by Crippen LogP contribution is -2.07. The second-order valence-electron chi connectivity index (χ2n) is 12.5. The smallest absolute Gasteiger partial charge is 0.222 e. The molecule has 312 valence electrons. The Bertz CT molecular complexity index is 2750. The van der Waals surface area contributed by atoms with Crippen LogP contribution < -0.4 is 36.5 Å². The molecule has 19 heteroatoms. The number of hydrogen-bond donors (Lipinski definition) is 5. The third-order valence-electron chi connectivity index (χ3n) is 7.94. The van der Waals surface area contributed by atoms with Crippen LogP contribution in [0.4, 0.5) is 57.9 Å². The number of thiocarbonyl (C=S) groups is 1. The molecule has 7 rings (SSSR count). The number of carbonyl (C=O) groups is 2. The standard InChI is InChI=1S/C21H17F2N5O2.C14H16N4O2.C7H3F2NS/c1-12(29)25-20-11-15(7-8-24-20)30-14-4-6-19-18(10-14)27-21(28(19)2)26-17-5-3-13(22)9-16(17)23;1-9(19)18-14-8-11(5-6-17-14)20-10-3-4-13(16-2)12(15)7-10;8-5-1-2-7(10-4-11)6(9)3-5/h3-11H,1-2H3,(H,26,27)(H,24,25,29);3-8,16H,15H2,1-2H3,(H,17,18,19);1-3H. The van der Waals surface area contributed by atoms with Crippen molar-refractivity contribution in [3.63, 3.8) is 0 Å². The summed E-state index contributed by atoms with van der Waals surface area (Å²) in [5, 5.41) is 13.0. The minimum Gasteiger partial charge on any atom is -0.457 e. The molecule has 0 spiro atoms. The fraction of sp³-hybridized carbons (Fsp3) is 0.0952. The highest BCUT2D eigenvalue weighted by Gasteiger charge is 2.13. The van der Waals surface area contributed by atoms with Crippen molar-refractivity contribution < 1.29 is 36.6 Å². The van der Waals surface area contributed by atoms with Crippen molar-refractivity contribution >= 4 is 80.6 Å². The Morgan fingerprint density at radius 2 is 1.26 bits per heavy atom. The molecule has 4 aromatic carbocycles. The molecule has 2 amide bonds. The van der Waals surface area contributed by atoms with Gasteiger partial charge in [-0.3, -0.25) is 9.59 Å². The number of rotatable bonds is 10. The SMILES string of the molecule is CC(=O)Nc1cc(Oc2ccc3c(c2)nc(Nc2ccc(F)cc2F)n3C)ccn1.CNc1ccc(Oc2ccnc(NC(C)=O)c2)cc1N.Fc1ccc(N=C=S)c(F)c1. The van der Waals surface area contributed by atoms with E-state index in [1.54, 1.807) is 73.4 Å². The Kier molecular flexibility index (Phi) is 15.0. The average Bonchev–Trinajstić information content (AvgIpc) is 3.51. The monoisotopic (exact) mass is 852 g/mol. The molecule has 0 saturated heterocycles. The van der Waals surface area contributed by atoms with E-state index in [4.69, 9.17) is 15.2 Å². The predicted molar refractivity (Wildman–Crippen MR) is 229 cm³/mol. The maximum absolute atomic E-state index is 14.0. The molecular formula is C42H36F4N10O4S. The molecule has 6 N–H and O–H groups in total. The van der Waals surface area contributed by atoms with Gasteiger partial charge in [0.05, 0.1) is 33.3 Å². The number of anilines is 6. The lowest BCUT2D eigenvalue weighted by Gasteiger charge is -2.10. The molecule has 0 saturated carbocycles. The first-order valence-corrected chi connectivity index (χ1v) is 18.2. The number of hydrogen-bond acceptors (Lipinski definition) is 12. The Morgan fingerprint density at radius 3 is 1.80 bits per heavy atom. The van der Waals surface area contributed by atoms with Crippen molar-refractivity contribution in [2.75, 3.05) is 34.0 Å². The summed E-state index contributed by atoms with van der Waals surface area (Å²) < 4.78 is 65.2. The number of ether oxygens (including phenoxy) is 2. The number of carbonyl (C=O) groups excluding carboxylic acids is 2. The van der Waals surface area contributed by atoms with E-state index in [0.29, 0.717) is 51.8 Å². The van der Waals surface area contributed by atoms with Crippen LogP contribution in [0.5, 0.6) is 23.0 Å². The molecule has 7 aromatic rings. The Labute approximate surface area is 351 Å². The van der Waals surface area contributed by atoms with Crippen LogP contribution in [-0.4, -0.2) is 43.5 Å². The fourth-order valence-corrected chi connectivity index (χ4v) is 5.34. The van der Waals surface area contributed by atoms with Crippen LogP contribution in [0.25, 0.3) is 11.0 Å². The van der Waals surface area contributed by atoms with Crippen LogP contribution in [0.3, 0.4) is 0 Å². The van der Waals surface area contributed by atoms with Crippen LogP contribution >= 0.6 is 12.2 Å². The molecule has 3 aromatic heterocycles. The van der Waals surface area contributed by atoms with Crippen LogP contribution in [0.15, 0.2) is 114 Å². The number of nitrogen functional groups attached to an aromatic ring is 1. The largest absolute Gasteiger partial charge is 0.457 e. The van der Waals surface area contributed by atoms with Gasteiger partial charge >= 0.3 is 0 Å². The molecule has 14 nitrogen and oxygen atoms in total. The third kappa shape index (κ3) is 12.8. The van der Waals surface area contributed by atoms with Crippen molar-refractivity contribution in [1.82, 2.24) is 19.5 Å². The van der Waals surface area contributed by atoms with E-state index >= 15 is 0 Å². The lowest BCUT2D eigenvalue weighted by atomic mass is 10.2. The average molecular weight is 853 g/mol. The van der Waals surface area contributed by atoms with Gasteiger partial charge in [-0.05, 0) is 72.9 Å². The minimum absolute atomic E-state index is 0.00130. The van der Waals surface area contributed by atoms with E-state index in [2.05, 4.69) is 53.4 Å². The van der Waals surface area contributed by atoms with Gasteiger partial charge in [0.15, 0.2) is 5.82 Å². The molecule has 0 atom stereocenters. The van der Waals surface area contributed by atoms with Gasteiger partial charge in [-0.25, -0.2) is 32.5 Å². The Balaban J connectivity index is 0.000000195. The number of pyridine rings is 2. The maximum atomic E-state index is 14.0. The lowest BCUT2D eigenvalue weighted by molar-refractivity contribution is -0.115. The molecule has 61 heavy (non-hydrogen) atoms. The summed E-state index contributed by atoms with van der Waals surface area (Å²) in [6.45, 7) is 2.82. The number of nitrogens with zero attached hydrogens (tertiary/aromatic N) is 5. The molecule has 0 aliphatic heterocycles. The zero-order valence-corrected chi connectivity index (χ0v) is 33.6. The number of aromatic nitrogens is 4. The summed E-state index contributed by atoms with van der Waals surface area (Å²) >= 11 is 4.25. The van der Waals surface area contributed by atoms with Gasteiger partial charge in [0, 0.05) is 76.7 Å². The first-order valence-electron chi connectivity index (χ1n) is 17.8. The van der Waals surface area contributed by atoms with E-state index in [0.717, 1.165) is 29.4 Å². The highest BCUT2D eigenvalue weighted by molar-refractivity contribution is 7.78. The van der Waals surface area contributed by atoms with Crippen LogP contribution in [0.2, 0.25) is 0 Å². The highest BCUT2D eigenvalue weighted by atomic mass is 32.1. The first-order chi connectivity index (χ1) is 29.2. The van der Waals surface area contributed by atoms with Gasteiger partial charge < -0.3 is 41.0 Å². The number of amides is 2. The summed E-state index contributed by atoms with van der Waals surface area (Å²) in [7, 11) is 3.58. The number of benzene rings is 4. The fourth-order valence-electron chi connectivity index (χ4n) is 5.24. The quantitative estimate of drug-likeness (QED) is 0.0382. The van der Waals surface area contributed by atoms with Crippen molar-refractivity contribution in [2.24, 2.45) is 12.0 Å². The van der Waals surface area contributed by atoms with Crippen LogP contribution in [-0.2, 0) is 16.6 Å². The van der Waals surface area contributed by atoms with Crippen molar-refractivity contribution in [3.8, 4) is 23.0 Å². The van der Waals surface area contributed by atoms with E-state index in [9.17, 15) is 27.2 Å². The second kappa shape index (κ2) is 20.7. The number of nitrogens with two attached hydrogens (primary N) is 1. The number of isothiocyanates is 1. The van der Waals surface area contributed by atoms with Gasteiger partial charge in [0.1, 0.15) is 57.8 Å². The Hall–Kier alpha value is -7.89. The number of imidazole rings is 1. The number of aliphatic imine (C=N–C) groups is 1. The number of fused-ring (bicyclic) bond motifs is 1. The van der Waals surface area contributed by atoms with Crippen molar-refractivity contribution in [2.45, 2.75) is 13.8 Å². The van der Waals surface area contributed by atoms with E-state index in [1.165, 1.54) is 38.2 Å². The summed E-state index contributed by atoms with van der Waals surface area (Å²) in [6.07, 6.45) is 3.09. The molecule has 0 aliphatic carbocycles. The molecular weight excluding hydrogens is 817 g/mol. The number of aryl methyl sites for hydroxylation is 1. The molecule has 0 unspecified atom stereocenters. The summed E-state index contributed by atoms with van der Waals surface area (Å²) in [5.41, 5.74) is 8.84. The predicted octanol–water partition coefficient (Wildman–Crippen LogP) is 9.90. The van der Waals surface area contributed by atoms with Crippen LogP contribution in [0.1, 0.15) is 13.8 Å². The number of halogens is 4. The normalized spacial score (nSPS) is 10.2. The minimum atomic E-state index is -0.734. The third-order valence-corrected chi connectivity index (χ3v) is 8.03. The molecule has 0 aliphatic rings. The maximum Gasteiger partial charge on any atom is 0.222 e. The van der Waals surface area contributed by atoms with E-state index < -0.39 is 23.3 Å². The topological polar surface area (TPSA) is 183 Å².